The third-order valence-electron chi connectivity index (χ3n) is 1.50. The third-order valence-corrected chi connectivity index (χ3v) is 1.50. The van der Waals surface area contributed by atoms with Crippen LogP contribution in [0.5, 0.6) is 11.5 Å². The first kappa shape index (κ1) is 7.34. The van der Waals surface area contributed by atoms with E-state index < -0.39 is 12.7 Å². The summed E-state index contributed by atoms with van der Waals surface area (Å²) in [5, 5.41) is 0. The van der Waals surface area contributed by atoms with Crippen LogP contribution >= 0.6 is 0 Å². The Morgan fingerprint density at radius 1 is 1.17 bits per heavy atom. The van der Waals surface area contributed by atoms with Gasteiger partial charge in [0.25, 0.3) is 0 Å². The van der Waals surface area contributed by atoms with E-state index in [1.165, 1.54) is 6.07 Å². The van der Waals surface area contributed by atoms with Crippen molar-refractivity contribution in [3.05, 3.63) is 24.3 Å². The molecule has 1 heterocycles. The average Bonchev–Trinajstić information content (AvgIpc) is 2.02. The van der Waals surface area contributed by atoms with Crippen LogP contribution in [-0.2, 0) is 0 Å². The molecule has 12 heavy (non-hydrogen) atoms. The molecule has 0 radical (unpaired) electrons. The zero-order chi connectivity index (χ0) is 8.60. The second-order valence-electron chi connectivity index (χ2n) is 2.47. The van der Waals surface area contributed by atoms with Gasteiger partial charge in [-0.3, -0.25) is 0 Å². The van der Waals surface area contributed by atoms with Crippen LogP contribution in [-0.4, -0.2) is 12.7 Å². The Labute approximate surface area is 67.7 Å². The number of fused-ring (bicyclic) bond motifs is 1. The number of alkyl halides is 2. The van der Waals surface area contributed by atoms with Crippen molar-refractivity contribution in [1.82, 2.24) is 0 Å². The fourth-order valence-corrected chi connectivity index (χ4v) is 1.01. The van der Waals surface area contributed by atoms with E-state index in [4.69, 9.17) is 4.74 Å². The van der Waals surface area contributed by atoms with E-state index in [-0.39, 0.29) is 5.75 Å². The maximum atomic E-state index is 12.5. The molecule has 0 atom stereocenters. The van der Waals surface area contributed by atoms with Crippen LogP contribution in [0, 0.1) is 0 Å². The molecule has 1 aromatic rings. The zero-order valence-electron chi connectivity index (χ0n) is 6.09. The van der Waals surface area contributed by atoms with E-state index in [1.807, 2.05) is 0 Å². The van der Waals surface area contributed by atoms with Crippen molar-refractivity contribution in [2.24, 2.45) is 0 Å². The maximum absolute atomic E-state index is 12.5. The summed E-state index contributed by atoms with van der Waals surface area (Å²) in [6, 6.07) is 6.35. The predicted octanol–water partition coefficient (Wildman–Crippen LogP) is 2.05. The molecule has 0 saturated carbocycles. The van der Waals surface area contributed by atoms with E-state index in [1.54, 1.807) is 18.2 Å². The van der Waals surface area contributed by atoms with E-state index in [9.17, 15) is 8.78 Å². The maximum Gasteiger partial charge on any atom is 0.433 e. The van der Waals surface area contributed by atoms with Crippen molar-refractivity contribution >= 4 is 0 Å². The standard InChI is InChI=1S/C8H6F2O2/c9-8(10)5-11-6-3-1-2-4-7(6)12-8/h1-4H,5H2. The number of hydrogen-bond acceptors (Lipinski definition) is 2. The molecule has 0 amide bonds. The molecule has 2 rings (SSSR count). The highest BCUT2D eigenvalue weighted by atomic mass is 19.3. The molecule has 0 fully saturated rings. The van der Waals surface area contributed by atoms with Crippen molar-refractivity contribution in [3.8, 4) is 11.5 Å². The topological polar surface area (TPSA) is 18.5 Å². The van der Waals surface area contributed by atoms with Crippen LogP contribution in [0.15, 0.2) is 24.3 Å². The first-order chi connectivity index (χ1) is 5.67. The van der Waals surface area contributed by atoms with Gasteiger partial charge in [-0.2, -0.15) is 8.78 Å². The average molecular weight is 172 g/mol. The van der Waals surface area contributed by atoms with Crippen molar-refractivity contribution in [2.45, 2.75) is 6.11 Å². The number of para-hydroxylation sites is 2. The summed E-state index contributed by atoms with van der Waals surface area (Å²) in [6.07, 6.45) is -3.20. The highest BCUT2D eigenvalue weighted by molar-refractivity contribution is 5.40. The molecule has 0 unspecified atom stereocenters. The van der Waals surface area contributed by atoms with Gasteiger partial charge in [0.2, 0.25) is 0 Å². The fourth-order valence-electron chi connectivity index (χ4n) is 1.01. The Morgan fingerprint density at radius 2 is 1.83 bits per heavy atom. The van der Waals surface area contributed by atoms with Crippen LogP contribution in [0.2, 0.25) is 0 Å². The third kappa shape index (κ3) is 1.20. The van der Waals surface area contributed by atoms with Gasteiger partial charge < -0.3 is 9.47 Å². The van der Waals surface area contributed by atoms with Gasteiger partial charge in [-0.1, -0.05) is 12.1 Å². The van der Waals surface area contributed by atoms with Crippen molar-refractivity contribution in [3.63, 3.8) is 0 Å². The Kier molecular flexibility index (Phi) is 1.43. The van der Waals surface area contributed by atoms with E-state index in [2.05, 4.69) is 4.74 Å². The lowest BCUT2D eigenvalue weighted by Crippen LogP contribution is -2.35. The van der Waals surface area contributed by atoms with Crippen molar-refractivity contribution < 1.29 is 18.3 Å². The molecule has 4 heteroatoms. The predicted molar refractivity (Wildman–Crippen MR) is 37.5 cm³/mol. The highest BCUT2D eigenvalue weighted by Gasteiger charge is 2.37. The van der Waals surface area contributed by atoms with Crippen molar-refractivity contribution in [2.75, 3.05) is 6.61 Å². The van der Waals surface area contributed by atoms with Gasteiger partial charge in [-0.05, 0) is 12.1 Å². The van der Waals surface area contributed by atoms with Crippen LogP contribution in [0.3, 0.4) is 0 Å². The molecule has 0 aliphatic carbocycles. The molecule has 64 valence electrons. The molecule has 1 aromatic carbocycles. The monoisotopic (exact) mass is 172 g/mol. The summed E-state index contributed by atoms with van der Waals surface area (Å²) in [7, 11) is 0. The minimum absolute atomic E-state index is 0.0914. The van der Waals surface area contributed by atoms with Gasteiger partial charge in [-0.25, -0.2) is 0 Å². The zero-order valence-corrected chi connectivity index (χ0v) is 6.09. The Morgan fingerprint density at radius 3 is 2.58 bits per heavy atom. The summed E-state index contributed by atoms with van der Waals surface area (Å²) in [4.78, 5) is 0. The minimum atomic E-state index is -3.20. The first-order valence-electron chi connectivity index (χ1n) is 3.46. The summed E-state index contributed by atoms with van der Waals surface area (Å²) in [5.41, 5.74) is 0. The summed E-state index contributed by atoms with van der Waals surface area (Å²) < 4.78 is 34.2. The van der Waals surface area contributed by atoms with Gasteiger partial charge >= 0.3 is 6.11 Å². The van der Waals surface area contributed by atoms with E-state index in [0.717, 1.165) is 0 Å². The van der Waals surface area contributed by atoms with Gasteiger partial charge in [0.15, 0.2) is 18.1 Å². The molecule has 0 spiro atoms. The second kappa shape index (κ2) is 2.33. The summed E-state index contributed by atoms with van der Waals surface area (Å²) >= 11 is 0. The van der Waals surface area contributed by atoms with Crippen LogP contribution < -0.4 is 9.47 Å². The molecule has 2 nitrogen and oxygen atoms in total. The number of benzene rings is 1. The second-order valence-corrected chi connectivity index (χ2v) is 2.47. The largest absolute Gasteiger partial charge is 0.479 e. The molecule has 1 aliphatic heterocycles. The number of rotatable bonds is 0. The lowest BCUT2D eigenvalue weighted by Gasteiger charge is -2.25. The lowest BCUT2D eigenvalue weighted by molar-refractivity contribution is -0.208. The minimum Gasteiger partial charge on any atom is -0.479 e. The first-order valence-corrected chi connectivity index (χ1v) is 3.46. The SMILES string of the molecule is FC1(F)COc2ccccc2O1. The van der Waals surface area contributed by atoms with Crippen LogP contribution in [0.1, 0.15) is 0 Å². The van der Waals surface area contributed by atoms with E-state index >= 15 is 0 Å². The smallest absolute Gasteiger partial charge is 0.433 e. The molecule has 0 N–H and O–H groups in total. The van der Waals surface area contributed by atoms with Gasteiger partial charge in [0, 0.05) is 0 Å². The lowest BCUT2D eigenvalue weighted by atomic mass is 10.3. The van der Waals surface area contributed by atoms with Crippen LogP contribution in [0.4, 0.5) is 8.78 Å². The fraction of sp³-hybridized carbons (Fsp3) is 0.250. The summed E-state index contributed by atoms with van der Waals surface area (Å²) in [5.74, 6) is 0.456. The molecular weight excluding hydrogens is 166 g/mol. The van der Waals surface area contributed by atoms with Crippen molar-refractivity contribution in [1.29, 1.82) is 0 Å². The van der Waals surface area contributed by atoms with E-state index in [0.29, 0.717) is 5.75 Å². The number of ether oxygens (including phenoxy) is 2. The van der Waals surface area contributed by atoms with Gasteiger partial charge in [0.1, 0.15) is 0 Å². The Bertz CT molecular complexity index is 299. The summed E-state index contributed by atoms with van der Waals surface area (Å²) in [6.45, 7) is -0.718. The molecule has 0 aromatic heterocycles. The number of halogens is 2. The molecule has 0 saturated heterocycles. The van der Waals surface area contributed by atoms with Crippen LogP contribution in [0.25, 0.3) is 0 Å². The molecule has 1 aliphatic rings. The number of hydrogen-bond donors (Lipinski definition) is 0. The Balaban J connectivity index is 2.35. The van der Waals surface area contributed by atoms with Gasteiger partial charge in [0.05, 0.1) is 0 Å². The van der Waals surface area contributed by atoms with Gasteiger partial charge in [-0.15, -0.1) is 0 Å². The normalized spacial score (nSPS) is 18.8. The highest BCUT2D eigenvalue weighted by Crippen LogP contribution is 2.35. The Hall–Kier alpha value is -1.32. The molecule has 0 bridgehead atoms. The molecular formula is C8H6F2O2. The quantitative estimate of drug-likeness (QED) is 0.596.